The lowest BCUT2D eigenvalue weighted by Crippen LogP contribution is -2.54. The fourth-order valence-corrected chi connectivity index (χ4v) is 3.73. The molecule has 0 aromatic rings. The second-order valence-electron chi connectivity index (χ2n) is 6.87. The van der Waals surface area contributed by atoms with Gasteiger partial charge in [0, 0.05) is 7.11 Å². The predicted molar refractivity (Wildman–Crippen MR) is 96.0 cm³/mol. The molecule has 6 atom stereocenters. The second kappa shape index (κ2) is 11.0. The molecule has 2 aliphatic heterocycles. The third-order valence-electron chi connectivity index (χ3n) is 4.89. The van der Waals surface area contributed by atoms with E-state index in [1.165, 1.54) is 51.4 Å². The molecule has 24 heavy (non-hydrogen) atoms. The van der Waals surface area contributed by atoms with Crippen LogP contribution in [0.25, 0.3) is 0 Å². The molecule has 0 radical (unpaired) electrons. The van der Waals surface area contributed by atoms with Crippen molar-refractivity contribution in [2.75, 3.05) is 7.11 Å². The molecule has 2 saturated heterocycles. The third-order valence-corrected chi connectivity index (χ3v) is 5.32. The van der Waals surface area contributed by atoms with E-state index in [0.717, 1.165) is 12.8 Å². The number of methoxy groups -OCH3 is 1. The minimum absolute atomic E-state index is 0.279. The van der Waals surface area contributed by atoms with Crippen molar-refractivity contribution in [2.24, 2.45) is 0 Å². The molecule has 142 valence electrons. The summed E-state index contributed by atoms with van der Waals surface area (Å²) in [6, 6.07) is 0. The number of unbranched alkanes of at least 4 members (excludes halogenated alkanes) is 8. The van der Waals surface area contributed by atoms with Crippen molar-refractivity contribution < 1.29 is 24.1 Å². The lowest BCUT2D eigenvalue weighted by atomic mass is 10.1. The van der Waals surface area contributed by atoms with E-state index in [0.29, 0.717) is 0 Å². The van der Waals surface area contributed by atoms with Crippen molar-refractivity contribution in [1.82, 2.24) is 0 Å². The standard InChI is InChI=1S/C18H34O5S/c1-3-4-5-6-7-8-9-10-11-12-13-21-15-14(19)18(24)23-17(20-2)16(15)22-13/h13-19,24H,3-12H2,1-2H3. The average Bonchev–Trinajstić information content (AvgIpc) is 3.01. The minimum Gasteiger partial charge on any atom is -0.387 e. The maximum atomic E-state index is 10.1. The minimum atomic E-state index is -0.794. The molecule has 0 aromatic heterocycles. The van der Waals surface area contributed by atoms with Gasteiger partial charge in [-0.1, -0.05) is 58.3 Å². The summed E-state index contributed by atoms with van der Waals surface area (Å²) in [6.45, 7) is 2.25. The summed E-state index contributed by atoms with van der Waals surface area (Å²) in [5.41, 5.74) is -0.605. The SMILES string of the molecule is CCCCCCCCCCCC1OC2C(OC)OC(S)C(O)C2O1. The molecular weight excluding hydrogens is 328 g/mol. The van der Waals surface area contributed by atoms with Crippen LogP contribution in [0.15, 0.2) is 0 Å². The number of thiol groups is 1. The average molecular weight is 363 g/mol. The van der Waals surface area contributed by atoms with Gasteiger partial charge in [0.25, 0.3) is 0 Å². The molecule has 2 aliphatic rings. The zero-order chi connectivity index (χ0) is 17.4. The first-order valence-corrected chi connectivity index (χ1v) is 10.0. The van der Waals surface area contributed by atoms with Crippen LogP contribution in [0.3, 0.4) is 0 Å². The monoisotopic (exact) mass is 362 g/mol. The molecular formula is C18H34O5S. The van der Waals surface area contributed by atoms with Crippen LogP contribution in [0.4, 0.5) is 0 Å². The van der Waals surface area contributed by atoms with Gasteiger partial charge in [0.15, 0.2) is 12.6 Å². The van der Waals surface area contributed by atoms with Crippen molar-refractivity contribution >= 4 is 12.6 Å². The lowest BCUT2D eigenvalue weighted by molar-refractivity contribution is -0.244. The van der Waals surface area contributed by atoms with Crippen LogP contribution in [0, 0.1) is 0 Å². The van der Waals surface area contributed by atoms with E-state index < -0.39 is 23.9 Å². The molecule has 2 fully saturated rings. The molecule has 0 bridgehead atoms. The van der Waals surface area contributed by atoms with Gasteiger partial charge in [0.1, 0.15) is 23.7 Å². The number of hydrogen-bond donors (Lipinski definition) is 2. The predicted octanol–water partition coefficient (Wildman–Crippen LogP) is 3.64. The number of hydrogen-bond acceptors (Lipinski definition) is 6. The van der Waals surface area contributed by atoms with Gasteiger partial charge >= 0.3 is 0 Å². The van der Waals surface area contributed by atoms with Crippen molar-refractivity contribution in [1.29, 1.82) is 0 Å². The van der Waals surface area contributed by atoms with Gasteiger partial charge in [-0.3, -0.25) is 0 Å². The first-order chi connectivity index (χ1) is 11.7. The van der Waals surface area contributed by atoms with E-state index in [4.69, 9.17) is 18.9 Å². The van der Waals surface area contributed by atoms with Crippen LogP contribution >= 0.6 is 12.6 Å². The molecule has 0 aromatic carbocycles. The summed E-state index contributed by atoms with van der Waals surface area (Å²) in [7, 11) is 1.57. The molecule has 0 aliphatic carbocycles. The molecule has 2 rings (SSSR count). The lowest BCUT2D eigenvalue weighted by Gasteiger charge is -2.37. The van der Waals surface area contributed by atoms with Gasteiger partial charge in [-0.15, -0.1) is 12.6 Å². The highest BCUT2D eigenvalue weighted by Crippen LogP contribution is 2.35. The van der Waals surface area contributed by atoms with Crippen LogP contribution in [0.5, 0.6) is 0 Å². The van der Waals surface area contributed by atoms with Crippen LogP contribution in [0.2, 0.25) is 0 Å². The number of ether oxygens (including phenoxy) is 4. The Morgan fingerprint density at radius 3 is 2.08 bits per heavy atom. The van der Waals surface area contributed by atoms with Gasteiger partial charge in [-0.25, -0.2) is 0 Å². The zero-order valence-corrected chi connectivity index (χ0v) is 16.0. The Hall–Kier alpha value is 0.150. The molecule has 1 N–H and O–H groups in total. The molecule has 6 unspecified atom stereocenters. The largest absolute Gasteiger partial charge is 0.387 e. The summed E-state index contributed by atoms with van der Waals surface area (Å²) in [5.74, 6) is 0. The molecule has 2 heterocycles. The summed E-state index contributed by atoms with van der Waals surface area (Å²) < 4.78 is 22.5. The number of aliphatic hydroxyl groups is 1. The van der Waals surface area contributed by atoms with Crippen LogP contribution in [0.1, 0.15) is 71.1 Å². The first-order valence-electron chi connectivity index (χ1n) is 9.52. The van der Waals surface area contributed by atoms with Crippen molar-refractivity contribution in [3.05, 3.63) is 0 Å². The Morgan fingerprint density at radius 2 is 1.46 bits per heavy atom. The molecule has 6 heteroatoms. The van der Waals surface area contributed by atoms with Gasteiger partial charge in [0.2, 0.25) is 0 Å². The van der Waals surface area contributed by atoms with E-state index in [-0.39, 0.29) is 12.4 Å². The van der Waals surface area contributed by atoms with Crippen molar-refractivity contribution in [3.8, 4) is 0 Å². The Morgan fingerprint density at radius 1 is 0.875 bits per heavy atom. The fourth-order valence-electron chi connectivity index (χ4n) is 3.44. The molecule has 0 amide bonds. The Bertz CT molecular complexity index is 337. The van der Waals surface area contributed by atoms with Gasteiger partial charge < -0.3 is 24.1 Å². The van der Waals surface area contributed by atoms with Crippen LogP contribution < -0.4 is 0 Å². The highest BCUT2D eigenvalue weighted by atomic mass is 32.1. The number of fused-ring (bicyclic) bond motifs is 1. The van der Waals surface area contributed by atoms with Gasteiger partial charge in [-0.2, -0.15) is 0 Å². The smallest absolute Gasteiger partial charge is 0.187 e. The number of rotatable bonds is 11. The quantitative estimate of drug-likeness (QED) is 0.434. The Balaban J connectivity index is 1.58. The van der Waals surface area contributed by atoms with Crippen LogP contribution in [-0.2, 0) is 18.9 Å². The summed E-state index contributed by atoms with van der Waals surface area (Å²) in [5, 5.41) is 10.1. The maximum Gasteiger partial charge on any atom is 0.187 e. The normalized spacial score (nSPS) is 36.0. The Kier molecular flexibility index (Phi) is 9.37. The summed E-state index contributed by atoms with van der Waals surface area (Å²) >= 11 is 4.23. The maximum absolute atomic E-state index is 10.1. The summed E-state index contributed by atoms with van der Waals surface area (Å²) in [6.07, 6.45) is 10.1. The van der Waals surface area contributed by atoms with Crippen molar-refractivity contribution in [2.45, 2.75) is 107 Å². The molecule has 5 nitrogen and oxygen atoms in total. The van der Waals surface area contributed by atoms with E-state index in [2.05, 4.69) is 19.6 Å². The highest BCUT2D eigenvalue weighted by molar-refractivity contribution is 7.80. The van der Waals surface area contributed by atoms with Crippen LogP contribution in [-0.4, -0.2) is 48.5 Å². The van der Waals surface area contributed by atoms with Crippen molar-refractivity contribution in [3.63, 3.8) is 0 Å². The first kappa shape index (κ1) is 20.5. The molecule has 0 spiro atoms. The van der Waals surface area contributed by atoms with Gasteiger partial charge in [-0.05, 0) is 12.8 Å². The van der Waals surface area contributed by atoms with E-state index in [1.54, 1.807) is 7.11 Å². The molecule has 0 saturated carbocycles. The Labute approximate surface area is 151 Å². The number of aliphatic hydroxyl groups excluding tert-OH is 1. The topological polar surface area (TPSA) is 57.2 Å². The fraction of sp³-hybridized carbons (Fsp3) is 1.00. The van der Waals surface area contributed by atoms with E-state index >= 15 is 0 Å². The van der Waals surface area contributed by atoms with E-state index in [1.807, 2.05) is 0 Å². The van der Waals surface area contributed by atoms with E-state index in [9.17, 15) is 5.11 Å². The zero-order valence-electron chi connectivity index (χ0n) is 15.1. The summed E-state index contributed by atoms with van der Waals surface area (Å²) in [4.78, 5) is 0. The second-order valence-corrected chi connectivity index (χ2v) is 7.38. The van der Waals surface area contributed by atoms with Gasteiger partial charge in [0.05, 0.1) is 0 Å². The highest BCUT2D eigenvalue weighted by Gasteiger charge is 2.51. The third kappa shape index (κ3) is 5.85.